The average molecular weight is 436 g/mol. The van der Waals surface area contributed by atoms with Crippen molar-refractivity contribution < 1.29 is 13.9 Å². The molecule has 156 valence electrons. The highest BCUT2D eigenvalue weighted by molar-refractivity contribution is 7.19. The number of nitrogens with zero attached hydrogens (tertiary/aromatic N) is 3. The molecule has 0 atom stereocenters. The van der Waals surface area contributed by atoms with Gasteiger partial charge in [0.25, 0.3) is 0 Å². The molecule has 0 aromatic carbocycles. The first-order valence-corrected chi connectivity index (χ1v) is 11.3. The van der Waals surface area contributed by atoms with Gasteiger partial charge in [-0.15, -0.1) is 27.8 Å². The van der Waals surface area contributed by atoms with Crippen LogP contribution in [0.1, 0.15) is 48.9 Å². The molecule has 3 rings (SSSR count). The third-order valence-corrected chi connectivity index (χ3v) is 6.59. The largest absolute Gasteiger partial charge is 0.443 e. The van der Waals surface area contributed by atoms with Crippen molar-refractivity contribution in [3.8, 4) is 0 Å². The number of carbonyl (C=O) groups excluding carboxylic acids is 1. The fourth-order valence-corrected chi connectivity index (χ4v) is 4.97. The number of thiophene rings is 2. The van der Waals surface area contributed by atoms with Gasteiger partial charge in [0.2, 0.25) is 0 Å². The van der Waals surface area contributed by atoms with E-state index in [1.807, 2.05) is 45.2 Å². The molecule has 0 saturated heterocycles. The number of rotatable bonds is 7. The topological polar surface area (TPSA) is 55.3 Å². The van der Waals surface area contributed by atoms with Gasteiger partial charge in [0.05, 0.1) is 29.8 Å². The van der Waals surface area contributed by atoms with Crippen LogP contribution in [-0.4, -0.2) is 28.6 Å². The van der Waals surface area contributed by atoms with Crippen molar-refractivity contribution in [1.29, 1.82) is 0 Å². The maximum Gasteiger partial charge on any atom is 0.415 e. The lowest BCUT2D eigenvalue weighted by Crippen LogP contribution is -2.36. The van der Waals surface area contributed by atoms with E-state index >= 15 is 0 Å². The molecule has 0 N–H and O–H groups in total. The van der Waals surface area contributed by atoms with Gasteiger partial charge in [-0.05, 0) is 64.0 Å². The number of fused-ring (bicyclic) bond motifs is 1. The second-order valence-corrected chi connectivity index (χ2v) is 9.99. The van der Waals surface area contributed by atoms with E-state index in [0.717, 1.165) is 38.4 Å². The van der Waals surface area contributed by atoms with Crippen molar-refractivity contribution in [3.63, 3.8) is 0 Å². The molecule has 0 saturated carbocycles. The Hall–Kier alpha value is -2.06. The molecule has 3 aromatic heterocycles. The van der Waals surface area contributed by atoms with Crippen LogP contribution in [0.2, 0.25) is 0 Å². The average Bonchev–Trinajstić information content (AvgIpc) is 3.27. The van der Waals surface area contributed by atoms with Gasteiger partial charge < -0.3 is 4.74 Å². The predicted molar refractivity (Wildman–Crippen MR) is 118 cm³/mol. The van der Waals surface area contributed by atoms with Crippen LogP contribution in [0.4, 0.5) is 14.9 Å². The Kier molecular flexibility index (Phi) is 6.85. The van der Waals surface area contributed by atoms with Crippen LogP contribution in [0.15, 0.2) is 23.7 Å². The van der Waals surface area contributed by atoms with Crippen molar-refractivity contribution in [3.05, 3.63) is 39.0 Å². The van der Waals surface area contributed by atoms with Crippen LogP contribution >= 0.6 is 22.7 Å². The predicted octanol–water partition coefficient (Wildman–Crippen LogP) is 6.30. The first-order chi connectivity index (χ1) is 13.8. The zero-order chi connectivity index (χ0) is 21.0. The summed E-state index contributed by atoms with van der Waals surface area (Å²) in [5.74, 6) is 0. The minimum absolute atomic E-state index is 0.303. The highest BCUT2D eigenvalue weighted by Gasteiger charge is 2.27. The van der Waals surface area contributed by atoms with E-state index in [0.29, 0.717) is 18.7 Å². The molecular weight excluding hydrogens is 409 g/mol. The first kappa shape index (κ1) is 21.6. The van der Waals surface area contributed by atoms with Crippen LogP contribution < -0.4 is 4.90 Å². The molecular formula is C21H26FN3O2S2. The van der Waals surface area contributed by atoms with Gasteiger partial charge in [0.1, 0.15) is 11.1 Å². The molecule has 5 nitrogen and oxygen atoms in total. The maximum atomic E-state index is 13.1. The van der Waals surface area contributed by atoms with E-state index in [1.54, 1.807) is 33.8 Å². The van der Waals surface area contributed by atoms with Crippen LogP contribution in [0.25, 0.3) is 10.2 Å². The SMILES string of the molecule is Cc1c(CCCCF)sc2c(N(Cc3cccs3)C(=O)OC(C)(C)C)cnnc12. The number of carbonyl (C=O) groups is 1. The van der Waals surface area contributed by atoms with E-state index in [4.69, 9.17) is 4.74 Å². The highest BCUT2D eigenvalue weighted by atomic mass is 32.1. The third kappa shape index (κ3) is 5.30. The molecule has 0 aliphatic rings. The highest BCUT2D eigenvalue weighted by Crippen LogP contribution is 2.37. The Labute approximate surface area is 178 Å². The second kappa shape index (κ2) is 9.17. The molecule has 0 aliphatic carbocycles. The van der Waals surface area contributed by atoms with Gasteiger partial charge >= 0.3 is 6.09 Å². The Morgan fingerprint density at radius 1 is 1.31 bits per heavy atom. The van der Waals surface area contributed by atoms with Gasteiger partial charge in [-0.3, -0.25) is 9.29 Å². The molecule has 0 unspecified atom stereocenters. The molecule has 0 bridgehead atoms. The summed E-state index contributed by atoms with van der Waals surface area (Å²) >= 11 is 3.20. The summed E-state index contributed by atoms with van der Waals surface area (Å²) in [6.45, 7) is 7.68. The Bertz CT molecular complexity index is 964. The lowest BCUT2D eigenvalue weighted by Gasteiger charge is -2.27. The van der Waals surface area contributed by atoms with Crippen LogP contribution in [0.5, 0.6) is 0 Å². The Morgan fingerprint density at radius 3 is 2.76 bits per heavy atom. The second-order valence-electron chi connectivity index (χ2n) is 7.85. The first-order valence-electron chi connectivity index (χ1n) is 9.62. The summed E-state index contributed by atoms with van der Waals surface area (Å²) in [5, 5.41) is 10.5. The zero-order valence-corrected chi connectivity index (χ0v) is 18.8. The monoisotopic (exact) mass is 435 g/mol. The van der Waals surface area contributed by atoms with Gasteiger partial charge in [-0.25, -0.2) is 4.79 Å². The standard InChI is InChI=1S/C21H26FN3O2S2/c1-14-17(9-5-6-10-22)29-19-16(12-23-24-18(14)19)25(13-15-8-7-11-28-15)20(26)27-21(2,3)4/h7-8,11-12H,5-6,9-10,13H2,1-4H3. The fraction of sp³-hybridized carbons (Fsp3) is 0.476. The number of halogens is 1. The summed E-state index contributed by atoms with van der Waals surface area (Å²) in [7, 11) is 0. The summed E-state index contributed by atoms with van der Waals surface area (Å²) in [6, 6.07) is 3.96. The number of ether oxygens (including phenoxy) is 1. The molecule has 29 heavy (non-hydrogen) atoms. The normalized spacial score (nSPS) is 11.8. The minimum Gasteiger partial charge on any atom is -0.443 e. The molecule has 0 aliphatic heterocycles. The van der Waals surface area contributed by atoms with Crippen LogP contribution in [0.3, 0.4) is 0 Å². The van der Waals surface area contributed by atoms with Crippen molar-refractivity contribution in [2.75, 3.05) is 11.6 Å². The number of alkyl halides is 1. The van der Waals surface area contributed by atoms with Crippen molar-refractivity contribution in [2.45, 2.75) is 59.1 Å². The number of hydrogen-bond donors (Lipinski definition) is 0. The van der Waals surface area contributed by atoms with E-state index in [9.17, 15) is 9.18 Å². The van der Waals surface area contributed by atoms with Gasteiger partial charge in [0, 0.05) is 9.75 Å². The van der Waals surface area contributed by atoms with E-state index < -0.39 is 11.7 Å². The minimum atomic E-state index is -0.604. The Morgan fingerprint density at radius 2 is 2.10 bits per heavy atom. The van der Waals surface area contributed by atoms with Gasteiger partial charge in [-0.1, -0.05) is 6.07 Å². The van der Waals surface area contributed by atoms with Crippen molar-refractivity contribution >= 4 is 44.7 Å². The molecule has 0 fully saturated rings. The van der Waals surface area contributed by atoms with E-state index in [1.165, 1.54) is 0 Å². The van der Waals surface area contributed by atoms with E-state index in [2.05, 4.69) is 10.2 Å². The number of aromatic nitrogens is 2. The molecule has 8 heteroatoms. The van der Waals surface area contributed by atoms with Crippen LogP contribution in [0, 0.1) is 6.92 Å². The maximum absolute atomic E-state index is 13.1. The molecule has 0 spiro atoms. The lowest BCUT2D eigenvalue weighted by molar-refractivity contribution is 0.0578. The zero-order valence-electron chi connectivity index (χ0n) is 17.2. The van der Waals surface area contributed by atoms with Crippen molar-refractivity contribution in [2.24, 2.45) is 0 Å². The summed E-state index contributed by atoms with van der Waals surface area (Å²) in [4.78, 5) is 16.9. The fourth-order valence-electron chi connectivity index (χ4n) is 2.98. The van der Waals surface area contributed by atoms with Crippen molar-refractivity contribution in [1.82, 2.24) is 10.2 Å². The van der Waals surface area contributed by atoms with Crippen LogP contribution in [-0.2, 0) is 17.7 Å². The summed E-state index contributed by atoms with van der Waals surface area (Å²) in [6.07, 6.45) is 3.35. The third-order valence-electron chi connectivity index (χ3n) is 4.37. The Balaban J connectivity index is 2.01. The molecule has 3 aromatic rings. The summed E-state index contributed by atoms with van der Waals surface area (Å²) in [5.41, 5.74) is 1.94. The number of anilines is 1. The number of unbranched alkanes of at least 4 members (excludes halogenated alkanes) is 1. The number of hydrogen-bond acceptors (Lipinski definition) is 6. The van der Waals surface area contributed by atoms with Gasteiger partial charge in [-0.2, -0.15) is 5.10 Å². The number of amides is 1. The van der Waals surface area contributed by atoms with Gasteiger partial charge in [0.15, 0.2) is 0 Å². The molecule has 1 amide bonds. The summed E-state index contributed by atoms with van der Waals surface area (Å²) < 4.78 is 19.1. The number of aryl methyl sites for hydroxylation is 2. The van der Waals surface area contributed by atoms with E-state index in [-0.39, 0.29) is 6.67 Å². The molecule has 0 radical (unpaired) electrons. The quantitative estimate of drug-likeness (QED) is 0.409. The smallest absolute Gasteiger partial charge is 0.415 e. The lowest BCUT2D eigenvalue weighted by atomic mass is 10.1. The molecule has 3 heterocycles.